The van der Waals surface area contributed by atoms with Crippen molar-refractivity contribution in [2.45, 2.75) is 26.7 Å². The Balaban J connectivity index is 2.97. The zero-order valence-corrected chi connectivity index (χ0v) is 8.17. The molecule has 0 aliphatic heterocycles. The van der Waals surface area contributed by atoms with E-state index in [2.05, 4.69) is 4.98 Å². The minimum absolute atomic E-state index is 0.0837. The molecule has 0 bridgehead atoms. The summed E-state index contributed by atoms with van der Waals surface area (Å²) in [6.45, 7) is 6.23. The van der Waals surface area contributed by atoms with Gasteiger partial charge in [-0.2, -0.15) is 0 Å². The Kier molecular flexibility index (Phi) is 3.23. The lowest BCUT2D eigenvalue weighted by Gasteiger charge is -2.08. The summed E-state index contributed by atoms with van der Waals surface area (Å²) in [4.78, 5) is 4.06. The smallest absolute Gasteiger partial charge is 0.213 e. The largest absolute Gasteiger partial charge is 0.478 e. The van der Waals surface area contributed by atoms with E-state index in [4.69, 9.17) is 4.74 Å². The SMILES string of the molecule is CCOc1ccc(F)c(C(C)C)n1. The van der Waals surface area contributed by atoms with E-state index in [0.717, 1.165) is 0 Å². The molecule has 0 saturated carbocycles. The van der Waals surface area contributed by atoms with E-state index in [1.807, 2.05) is 20.8 Å². The van der Waals surface area contributed by atoms with Crippen LogP contribution in [0.2, 0.25) is 0 Å². The number of halogens is 1. The molecule has 72 valence electrons. The Hall–Kier alpha value is -1.12. The predicted octanol–water partition coefficient (Wildman–Crippen LogP) is 2.74. The van der Waals surface area contributed by atoms with Gasteiger partial charge in [0.05, 0.1) is 12.3 Å². The van der Waals surface area contributed by atoms with Gasteiger partial charge in [-0.3, -0.25) is 0 Å². The van der Waals surface area contributed by atoms with Crippen molar-refractivity contribution in [2.24, 2.45) is 0 Å². The fourth-order valence-corrected chi connectivity index (χ4v) is 1.07. The Bertz CT molecular complexity index is 286. The maximum atomic E-state index is 13.1. The quantitative estimate of drug-likeness (QED) is 0.718. The summed E-state index contributed by atoms with van der Waals surface area (Å²) in [6.07, 6.45) is 0. The molecule has 2 nitrogen and oxygen atoms in total. The van der Waals surface area contributed by atoms with Crippen LogP contribution < -0.4 is 4.74 Å². The highest BCUT2D eigenvalue weighted by Crippen LogP contribution is 2.19. The summed E-state index contributed by atoms with van der Waals surface area (Å²) in [5.41, 5.74) is 0.464. The van der Waals surface area contributed by atoms with Gasteiger partial charge in [0, 0.05) is 6.07 Å². The molecular formula is C10H14FNO. The summed E-state index contributed by atoms with van der Waals surface area (Å²) >= 11 is 0. The topological polar surface area (TPSA) is 22.1 Å². The van der Waals surface area contributed by atoms with E-state index in [-0.39, 0.29) is 11.7 Å². The van der Waals surface area contributed by atoms with Crippen molar-refractivity contribution in [3.63, 3.8) is 0 Å². The first-order chi connectivity index (χ1) is 6.15. The molecule has 13 heavy (non-hydrogen) atoms. The van der Waals surface area contributed by atoms with E-state index in [1.165, 1.54) is 6.07 Å². The number of ether oxygens (including phenoxy) is 1. The maximum Gasteiger partial charge on any atom is 0.213 e. The second kappa shape index (κ2) is 4.21. The summed E-state index contributed by atoms with van der Waals surface area (Å²) < 4.78 is 18.3. The molecule has 0 fully saturated rings. The van der Waals surface area contributed by atoms with Gasteiger partial charge in [0.15, 0.2) is 0 Å². The lowest BCUT2D eigenvalue weighted by molar-refractivity contribution is 0.323. The fourth-order valence-electron chi connectivity index (χ4n) is 1.07. The second-order valence-electron chi connectivity index (χ2n) is 3.10. The highest BCUT2D eigenvalue weighted by atomic mass is 19.1. The highest BCUT2D eigenvalue weighted by Gasteiger charge is 2.09. The predicted molar refractivity (Wildman–Crippen MR) is 49.5 cm³/mol. The summed E-state index contributed by atoms with van der Waals surface area (Å²) in [5.74, 6) is 0.312. The van der Waals surface area contributed by atoms with Crippen LogP contribution in [-0.4, -0.2) is 11.6 Å². The third-order valence-electron chi connectivity index (χ3n) is 1.69. The minimum Gasteiger partial charge on any atom is -0.478 e. The molecule has 0 radical (unpaired) electrons. The average Bonchev–Trinajstić information content (AvgIpc) is 2.08. The second-order valence-corrected chi connectivity index (χ2v) is 3.10. The molecule has 1 aromatic rings. The summed E-state index contributed by atoms with van der Waals surface area (Å²) in [5, 5.41) is 0. The van der Waals surface area contributed by atoms with Crippen LogP contribution in [-0.2, 0) is 0 Å². The lowest BCUT2D eigenvalue weighted by atomic mass is 10.1. The van der Waals surface area contributed by atoms with Crippen molar-refractivity contribution in [3.8, 4) is 5.88 Å². The molecule has 0 aromatic carbocycles. The van der Waals surface area contributed by atoms with E-state index >= 15 is 0 Å². The molecular weight excluding hydrogens is 169 g/mol. The molecule has 3 heteroatoms. The van der Waals surface area contributed by atoms with E-state index in [0.29, 0.717) is 18.2 Å². The van der Waals surface area contributed by atoms with Crippen molar-refractivity contribution in [2.75, 3.05) is 6.61 Å². The first-order valence-electron chi connectivity index (χ1n) is 4.44. The molecule has 0 aliphatic carbocycles. The number of nitrogens with zero attached hydrogens (tertiary/aromatic N) is 1. The van der Waals surface area contributed by atoms with Crippen LogP contribution in [0, 0.1) is 5.82 Å². The van der Waals surface area contributed by atoms with Gasteiger partial charge in [-0.15, -0.1) is 0 Å². The van der Waals surface area contributed by atoms with Crippen molar-refractivity contribution in [1.29, 1.82) is 0 Å². The third kappa shape index (κ3) is 2.41. The van der Waals surface area contributed by atoms with Gasteiger partial charge in [0.25, 0.3) is 0 Å². The third-order valence-corrected chi connectivity index (χ3v) is 1.69. The van der Waals surface area contributed by atoms with E-state index < -0.39 is 0 Å². The Labute approximate surface area is 77.8 Å². The Morgan fingerprint density at radius 2 is 2.15 bits per heavy atom. The first kappa shape index (κ1) is 9.96. The zero-order chi connectivity index (χ0) is 9.84. The van der Waals surface area contributed by atoms with Crippen LogP contribution in [0.5, 0.6) is 5.88 Å². The molecule has 1 heterocycles. The van der Waals surface area contributed by atoms with Crippen LogP contribution in [0.25, 0.3) is 0 Å². The Morgan fingerprint density at radius 3 is 2.69 bits per heavy atom. The molecule has 0 unspecified atom stereocenters. The van der Waals surface area contributed by atoms with Gasteiger partial charge < -0.3 is 4.74 Å². The van der Waals surface area contributed by atoms with Crippen molar-refractivity contribution >= 4 is 0 Å². The van der Waals surface area contributed by atoms with Gasteiger partial charge >= 0.3 is 0 Å². The average molecular weight is 183 g/mol. The van der Waals surface area contributed by atoms with Crippen molar-refractivity contribution < 1.29 is 9.13 Å². The van der Waals surface area contributed by atoms with Gasteiger partial charge in [-0.25, -0.2) is 9.37 Å². The van der Waals surface area contributed by atoms with Crippen molar-refractivity contribution in [3.05, 3.63) is 23.6 Å². The van der Waals surface area contributed by atoms with Gasteiger partial charge in [0.2, 0.25) is 5.88 Å². The molecule has 0 N–H and O–H groups in total. The van der Waals surface area contributed by atoms with Gasteiger partial charge in [-0.1, -0.05) is 13.8 Å². The van der Waals surface area contributed by atoms with Gasteiger partial charge in [0.1, 0.15) is 5.82 Å². The van der Waals surface area contributed by atoms with Crippen LogP contribution in [0.3, 0.4) is 0 Å². The summed E-state index contributed by atoms with van der Waals surface area (Å²) in [6, 6.07) is 2.94. The van der Waals surface area contributed by atoms with E-state index in [1.54, 1.807) is 6.07 Å². The van der Waals surface area contributed by atoms with E-state index in [9.17, 15) is 4.39 Å². The molecule has 0 aliphatic rings. The minimum atomic E-state index is -0.265. The lowest BCUT2D eigenvalue weighted by Crippen LogP contribution is -2.01. The molecule has 0 saturated heterocycles. The number of hydrogen-bond donors (Lipinski definition) is 0. The zero-order valence-electron chi connectivity index (χ0n) is 8.17. The number of rotatable bonds is 3. The fraction of sp³-hybridized carbons (Fsp3) is 0.500. The highest BCUT2D eigenvalue weighted by molar-refractivity contribution is 5.19. The monoisotopic (exact) mass is 183 g/mol. The van der Waals surface area contributed by atoms with Crippen LogP contribution in [0.15, 0.2) is 12.1 Å². The number of hydrogen-bond acceptors (Lipinski definition) is 2. The number of pyridine rings is 1. The molecule has 1 aromatic heterocycles. The van der Waals surface area contributed by atoms with Crippen molar-refractivity contribution in [1.82, 2.24) is 4.98 Å². The molecule has 1 rings (SSSR count). The first-order valence-corrected chi connectivity index (χ1v) is 4.44. The van der Waals surface area contributed by atoms with Crippen LogP contribution in [0.1, 0.15) is 32.4 Å². The molecule has 0 amide bonds. The molecule has 0 atom stereocenters. The maximum absolute atomic E-state index is 13.1. The normalized spacial score (nSPS) is 10.5. The van der Waals surface area contributed by atoms with Crippen LogP contribution in [0.4, 0.5) is 4.39 Å². The van der Waals surface area contributed by atoms with Gasteiger partial charge in [-0.05, 0) is 18.9 Å². The van der Waals surface area contributed by atoms with Crippen LogP contribution >= 0.6 is 0 Å². The number of aromatic nitrogens is 1. The standard InChI is InChI=1S/C10H14FNO/c1-4-13-9-6-5-8(11)10(12-9)7(2)3/h5-7H,4H2,1-3H3. The molecule has 0 spiro atoms. The summed E-state index contributed by atoms with van der Waals surface area (Å²) in [7, 11) is 0. The Morgan fingerprint density at radius 1 is 1.46 bits per heavy atom.